The number of rotatable bonds is 3. The Morgan fingerprint density at radius 3 is 2.74 bits per heavy atom. The lowest BCUT2D eigenvalue weighted by Crippen LogP contribution is -2.19. The lowest BCUT2D eigenvalue weighted by atomic mass is 10.0. The summed E-state index contributed by atoms with van der Waals surface area (Å²) in [5, 5.41) is 0. The first-order valence-corrected chi connectivity index (χ1v) is 7.00. The van der Waals surface area contributed by atoms with E-state index in [4.69, 9.17) is 0 Å². The second-order valence-corrected chi connectivity index (χ2v) is 5.47. The maximum absolute atomic E-state index is 4.58. The van der Waals surface area contributed by atoms with Crippen molar-refractivity contribution in [2.45, 2.75) is 25.8 Å². The Hall–Kier alpha value is -1.67. The minimum atomic E-state index is 0.601. The number of likely N-dealkylation sites (tertiary alicyclic amines) is 1. The first-order valence-electron chi connectivity index (χ1n) is 7.00. The Kier molecular flexibility index (Phi) is 3.60. The topological polar surface area (TPSA) is 16.1 Å². The zero-order chi connectivity index (χ0) is 13.1. The molecule has 1 unspecified atom stereocenters. The molecule has 2 heterocycles. The van der Waals surface area contributed by atoms with Crippen molar-refractivity contribution < 1.29 is 0 Å². The molecule has 1 aromatic heterocycles. The molecule has 1 aromatic carbocycles. The van der Waals surface area contributed by atoms with Crippen molar-refractivity contribution in [1.29, 1.82) is 0 Å². The van der Waals surface area contributed by atoms with Crippen LogP contribution in [0.15, 0.2) is 48.7 Å². The minimum absolute atomic E-state index is 0.601. The van der Waals surface area contributed by atoms with Gasteiger partial charge in [-0.3, -0.25) is 9.88 Å². The average Bonchev–Trinajstić information content (AvgIpc) is 2.89. The van der Waals surface area contributed by atoms with Crippen molar-refractivity contribution in [1.82, 2.24) is 9.88 Å². The minimum Gasteiger partial charge on any atom is -0.298 e. The highest BCUT2D eigenvalue weighted by Gasteiger charge is 2.24. The molecular weight excluding hydrogens is 232 g/mol. The molecule has 0 saturated carbocycles. The summed E-state index contributed by atoms with van der Waals surface area (Å²) in [6, 6.07) is 15.1. The van der Waals surface area contributed by atoms with Gasteiger partial charge in [-0.1, -0.05) is 36.4 Å². The fourth-order valence-corrected chi connectivity index (χ4v) is 2.78. The zero-order valence-corrected chi connectivity index (χ0v) is 11.4. The van der Waals surface area contributed by atoms with Crippen LogP contribution < -0.4 is 0 Å². The van der Waals surface area contributed by atoms with Crippen molar-refractivity contribution in [3.8, 4) is 0 Å². The van der Waals surface area contributed by atoms with Crippen molar-refractivity contribution in [2.75, 3.05) is 13.1 Å². The van der Waals surface area contributed by atoms with E-state index in [-0.39, 0.29) is 0 Å². The maximum atomic E-state index is 4.58. The van der Waals surface area contributed by atoms with E-state index in [2.05, 4.69) is 59.3 Å². The summed E-state index contributed by atoms with van der Waals surface area (Å²) in [4.78, 5) is 7.10. The summed E-state index contributed by atoms with van der Waals surface area (Å²) in [5.74, 6) is 0.601. The molecule has 19 heavy (non-hydrogen) atoms. The van der Waals surface area contributed by atoms with Crippen LogP contribution in [0.5, 0.6) is 0 Å². The third-order valence-electron chi connectivity index (χ3n) is 3.87. The second kappa shape index (κ2) is 5.54. The van der Waals surface area contributed by atoms with Crippen LogP contribution in [-0.2, 0) is 6.54 Å². The van der Waals surface area contributed by atoms with Crippen molar-refractivity contribution in [3.05, 3.63) is 65.5 Å². The number of aromatic nitrogens is 1. The molecule has 0 radical (unpaired) electrons. The first-order chi connectivity index (χ1) is 9.31. The number of hydrogen-bond donors (Lipinski definition) is 0. The van der Waals surface area contributed by atoms with E-state index < -0.39 is 0 Å². The highest BCUT2D eigenvalue weighted by atomic mass is 15.1. The molecule has 1 saturated heterocycles. The summed E-state index contributed by atoms with van der Waals surface area (Å²) in [6.45, 7) is 5.45. The summed E-state index contributed by atoms with van der Waals surface area (Å²) in [5.41, 5.74) is 3.89. The van der Waals surface area contributed by atoms with Gasteiger partial charge in [0.25, 0.3) is 0 Å². The number of aryl methyl sites for hydroxylation is 1. The van der Waals surface area contributed by atoms with Crippen LogP contribution in [0, 0.1) is 6.92 Å². The molecule has 2 nitrogen and oxygen atoms in total. The normalized spacial score (nSPS) is 19.7. The largest absolute Gasteiger partial charge is 0.298 e. The Morgan fingerprint density at radius 1 is 1.16 bits per heavy atom. The highest BCUT2D eigenvalue weighted by molar-refractivity contribution is 5.18. The van der Waals surface area contributed by atoms with Crippen LogP contribution in [0.2, 0.25) is 0 Å². The van der Waals surface area contributed by atoms with Gasteiger partial charge in [0.15, 0.2) is 0 Å². The lowest BCUT2D eigenvalue weighted by Gasteiger charge is -2.16. The Bertz CT molecular complexity index is 519. The third-order valence-corrected chi connectivity index (χ3v) is 3.87. The zero-order valence-electron chi connectivity index (χ0n) is 11.4. The van der Waals surface area contributed by atoms with Gasteiger partial charge in [-0.2, -0.15) is 0 Å². The predicted molar refractivity (Wildman–Crippen MR) is 78.1 cm³/mol. The molecule has 0 spiro atoms. The van der Waals surface area contributed by atoms with E-state index in [1.807, 2.05) is 6.20 Å². The molecule has 1 fully saturated rings. The molecule has 2 aromatic rings. The molecular formula is C17H20N2. The summed E-state index contributed by atoms with van der Waals surface area (Å²) < 4.78 is 0. The van der Waals surface area contributed by atoms with Crippen LogP contribution in [0.3, 0.4) is 0 Å². The Morgan fingerprint density at radius 2 is 2.00 bits per heavy atom. The summed E-state index contributed by atoms with van der Waals surface area (Å²) in [7, 11) is 0. The Labute approximate surface area is 115 Å². The third kappa shape index (κ3) is 3.02. The lowest BCUT2D eigenvalue weighted by molar-refractivity contribution is 0.326. The fourth-order valence-electron chi connectivity index (χ4n) is 2.78. The van der Waals surface area contributed by atoms with Gasteiger partial charge in [0.05, 0.1) is 0 Å². The second-order valence-electron chi connectivity index (χ2n) is 5.47. The molecule has 0 amide bonds. The maximum Gasteiger partial charge on any atom is 0.0447 e. The standard InChI is InChI=1S/C17H20N2/c1-14-7-8-17(18-11-14)16-9-10-19(13-16)12-15-5-3-2-4-6-15/h2-8,11,16H,9-10,12-13H2,1H3. The van der Waals surface area contributed by atoms with Crippen LogP contribution >= 0.6 is 0 Å². The highest BCUT2D eigenvalue weighted by Crippen LogP contribution is 2.26. The van der Waals surface area contributed by atoms with E-state index in [0.29, 0.717) is 5.92 Å². The van der Waals surface area contributed by atoms with Crippen LogP contribution in [0.25, 0.3) is 0 Å². The monoisotopic (exact) mass is 252 g/mol. The van der Waals surface area contributed by atoms with E-state index >= 15 is 0 Å². The molecule has 98 valence electrons. The van der Waals surface area contributed by atoms with Crippen LogP contribution in [0.1, 0.15) is 29.2 Å². The van der Waals surface area contributed by atoms with E-state index in [9.17, 15) is 0 Å². The number of hydrogen-bond acceptors (Lipinski definition) is 2. The molecule has 0 N–H and O–H groups in total. The van der Waals surface area contributed by atoms with Crippen molar-refractivity contribution in [2.24, 2.45) is 0 Å². The van der Waals surface area contributed by atoms with Crippen LogP contribution in [0.4, 0.5) is 0 Å². The SMILES string of the molecule is Cc1ccc(C2CCN(Cc3ccccc3)C2)nc1. The molecule has 0 aliphatic carbocycles. The quantitative estimate of drug-likeness (QED) is 0.832. The predicted octanol–water partition coefficient (Wildman–Crippen LogP) is 3.38. The average molecular weight is 252 g/mol. The van der Waals surface area contributed by atoms with E-state index in [1.54, 1.807) is 0 Å². The number of pyridine rings is 1. The van der Waals surface area contributed by atoms with E-state index in [0.717, 1.165) is 13.1 Å². The van der Waals surface area contributed by atoms with Crippen LogP contribution in [-0.4, -0.2) is 23.0 Å². The molecule has 1 aliphatic rings. The van der Waals surface area contributed by atoms with Gasteiger partial charge < -0.3 is 0 Å². The van der Waals surface area contributed by atoms with Gasteiger partial charge in [0, 0.05) is 30.9 Å². The molecule has 1 aliphatic heterocycles. The van der Waals surface area contributed by atoms with Gasteiger partial charge in [0.1, 0.15) is 0 Å². The molecule has 3 rings (SSSR count). The fraction of sp³-hybridized carbons (Fsp3) is 0.353. The van der Waals surface area contributed by atoms with Crippen molar-refractivity contribution >= 4 is 0 Å². The molecule has 1 atom stereocenters. The van der Waals surface area contributed by atoms with Gasteiger partial charge in [-0.25, -0.2) is 0 Å². The van der Waals surface area contributed by atoms with Gasteiger partial charge in [-0.15, -0.1) is 0 Å². The van der Waals surface area contributed by atoms with Gasteiger partial charge in [-0.05, 0) is 37.1 Å². The van der Waals surface area contributed by atoms with Gasteiger partial charge in [0.2, 0.25) is 0 Å². The first kappa shape index (κ1) is 12.4. The van der Waals surface area contributed by atoms with Gasteiger partial charge >= 0.3 is 0 Å². The molecule has 2 heteroatoms. The summed E-state index contributed by atoms with van der Waals surface area (Å²) >= 11 is 0. The van der Waals surface area contributed by atoms with E-state index in [1.165, 1.54) is 29.8 Å². The number of benzene rings is 1. The number of nitrogens with zero attached hydrogens (tertiary/aromatic N) is 2. The smallest absolute Gasteiger partial charge is 0.0447 e. The van der Waals surface area contributed by atoms with Crippen molar-refractivity contribution in [3.63, 3.8) is 0 Å². The molecule has 0 bridgehead atoms. The Balaban J connectivity index is 1.62. The summed E-state index contributed by atoms with van der Waals surface area (Å²) in [6.07, 6.45) is 3.21.